The number of carbonyl (C=O) groups excluding carboxylic acids is 1. The zero-order valence-corrected chi connectivity index (χ0v) is 14.7. The molecule has 26 heavy (non-hydrogen) atoms. The number of aromatic nitrogens is 2. The normalized spacial score (nSPS) is 10.5. The Morgan fingerprint density at radius 3 is 2.42 bits per heavy atom. The molecular formula is C20H22N4O2. The van der Waals surface area contributed by atoms with Crippen molar-refractivity contribution in [1.82, 2.24) is 20.6 Å². The third-order valence-corrected chi connectivity index (χ3v) is 3.91. The van der Waals surface area contributed by atoms with Crippen molar-refractivity contribution in [3.8, 4) is 11.5 Å². The Labute approximate surface area is 152 Å². The van der Waals surface area contributed by atoms with Crippen molar-refractivity contribution in [3.05, 3.63) is 71.9 Å². The van der Waals surface area contributed by atoms with Gasteiger partial charge in [0.1, 0.15) is 6.26 Å². The minimum absolute atomic E-state index is 0.191. The summed E-state index contributed by atoms with van der Waals surface area (Å²) in [5.74, 6) is 0.597. The lowest BCUT2D eigenvalue weighted by Crippen LogP contribution is -2.37. The minimum atomic E-state index is -0.191. The Hall–Kier alpha value is -3.15. The summed E-state index contributed by atoms with van der Waals surface area (Å²) in [6.07, 6.45) is 4.70. The first-order valence-electron chi connectivity index (χ1n) is 8.64. The molecule has 0 saturated heterocycles. The van der Waals surface area contributed by atoms with Gasteiger partial charge in [-0.15, -0.1) is 0 Å². The van der Waals surface area contributed by atoms with Gasteiger partial charge < -0.3 is 15.1 Å². The summed E-state index contributed by atoms with van der Waals surface area (Å²) in [4.78, 5) is 20.5. The van der Waals surface area contributed by atoms with Gasteiger partial charge in [-0.1, -0.05) is 23.8 Å². The van der Waals surface area contributed by atoms with Gasteiger partial charge >= 0.3 is 6.03 Å². The number of aryl methyl sites for hydroxylation is 1. The smallest absolute Gasteiger partial charge is 0.314 e. The van der Waals surface area contributed by atoms with Gasteiger partial charge in [0.15, 0.2) is 0 Å². The molecule has 2 heterocycles. The first-order chi connectivity index (χ1) is 12.7. The van der Waals surface area contributed by atoms with Crippen LogP contribution in [0.4, 0.5) is 4.79 Å². The molecule has 0 fully saturated rings. The monoisotopic (exact) mass is 350 g/mol. The molecule has 0 aliphatic heterocycles. The molecule has 0 saturated carbocycles. The van der Waals surface area contributed by atoms with Gasteiger partial charge in [0.25, 0.3) is 0 Å². The Morgan fingerprint density at radius 2 is 1.73 bits per heavy atom. The first-order valence-corrected chi connectivity index (χ1v) is 8.64. The van der Waals surface area contributed by atoms with E-state index in [0.29, 0.717) is 31.8 Å². The Kier molecular flexibility index (Phi) is 5.98. The van der Waals surface area contributed by atoms with E-state index in [-0.39, 0.29) is 6.03 Å². The highest BCUT2D eigenvalue weighted by atomic mass is 16.3. The summed E-state index contributed by atoms with van der Waals surface area (Å²) in [6.45, 7) is 3.08. The number of urea groups is 1. The fourth-order valence-electron chi connectivity index (χ4n) is 2.47. The van der Waals surface area contributed by atoms with Crippen LogP contribution < -0.4 is 10.6 Å². The molecule has 6 nitrogen and oxygen atoms in total. The summed E-state index contributed by atoms with van der Waals surface area (Å²) in [6, 6.07) is 13.6. The van der Waals surface area contributed by atoms with Crippen LogP contribution in [0.2, 0.25) is 0 Å². The number of benzene rings is 1. The number of oxazole rings is 1. The maximum absolute atomic E-state index is 11.8. The molecule has 0 radical (unpaired) electrons. The molecule has 0 aliphatic rings. The standard InChI is InChI=1S/C20H22N4O2/c1-15-5-7-16(8-6-15)19-24-18(14-26-19)10-13-23-20(25)22-12-9-17-4-2-3-11-21-17/h2-8,11,14H,9-10,12-13H2,1H3,(H2,22,23,25). The van der Waals surface area contributed by atoms with E-state index in [2.05, 4.69) is 20.6 Å². The van der Waals surface area contributed by atoms with Crippen LogP contribution >= 0.6 is 0 Å². The second-order valence-electron chi connectivity index (χ2n) is 6.01. The van der Waals surface area contributed by atoms with Gasteiger partial charge in [-0.3, -0.25) is 4.98 Å². The molecule has 0 unspecified atom stereocenters. The highest BCUT2D eigenvalue weighted by Gasteiger charge is 2.07. The SMILES string of the molecule is Cc1ccc(-c2nc(CCNC(=O)NCCc3ccccn3)co2)cc1. The van der Waals surface area contributed by atoms with Gasteiger partial charge in [0.2, 0.25) is 5.89 Å². The average molecular weight is 350 g/mol. The topological polar surface area (TPSA) is 80.0 Å². The maximum atomic E-state index is 11.8. The number of hydrogen-bond acceptors (Lipinski definition) is 4. The van der Waals surface area contributed by atoms with Crippen LogP contribution in [0.15, 0.2) is 59.3 Å². The number of nitrogens with zero attached hydrogens (tertiary/aromatic N) is 2. The zero-order chi connectivity index (χ0) is 18.2. The van der Waals surface area contributed by atoms with Crippen molar-refractivity contribution in [3.63, 3.8) is 0 Å². The highest BCUT2D eigenvalue weighted by Crippen LogP contribution is 2.19. The Morgan fingerprint density at radius 1 is 1.00 bits per heavy atom. The third kappa shape index (κ3) is 5.17. The van der Waals surface area contributed by atoms with E-state index in [1.807, 2.05) is 49.4 Å². The fourth-order valence-corrected chi connectivity index (χ4v) is 2.47. The van der Waals surface area contributed by atoms with E-state index in [0.717, 1.165) is 17.0 Å². The van der Waals surface area contributed by atoms with E-state index in [1.165, 1.54) is 5.56 Å². The van der Waals surface area contributed by atoms with Crippen LogP contribution in [0.25, 0.3) is 11.5 Å². The lowest BCUT2D eigenvalue weighted by Gasteiger charge is -2.06. The summed E-state index contributed by atoms with van der Waals surface area (Å²) in [7, 11) is 0. The van der Waals surface area contributed by atoms with Gasteiger partial charge in [0.05, 0.1) is 5.69 Å². The van der Waals surface area contributed by atoms with Crippen LogP contribution in [-0.2, 0) is 12.8 Å². The van der Waals surface area contributed by atoms with Crippen LogP contribution in [0.1, 0.15) is 17.0 Å². The molecule has 6 heteroatoms. The molecule has 3 aromatic rings. The molecule has 0 atom stereocenters. The van der Waals surface area contributed by atoms with E-state index >= 15 is 0 Å². The molecule has 1 aromatic carbocycles. The average Bonchev–Trinajstić information content (AvgIpc) is 3.12. The van der Waals surface area contributed by atoms with Crippen molar-refractivity contribution in [2.24, 2.45) is 0 Å². The van der Waals surface area contributed by atoms with Crippen LogP contribution in [-0.4, -0.2) is 29.1 Å². The minimum Gasteiger partial charge on any atom is -0.444 e. The third-order valence-electron chi connectivity index (χ3n) is 3.91. The van der Waals surface area contributed by atoms with E-state index in [9.17, 15) is 4.79 Å². The van der Waals surface area contributed by atoms with Gasteiger partial charge in [-0.25, -0.2) is 9.78 Å². The summed E-state index contributed by atoms with van der Waals surface area (Å²) >= 11 is 0. The molecule has 0 spiro atoms. The second-order valence-corrected chi connectivity index (χ2v) is 6.01. The van der Waals surface area contributed by atoms with Crippen molar-refractivity contribution in [2.75, 3.05) is 13.1 Å². The van der Waals surface area contributed by atoms with Crippen molar-refractivity contribution < 1.29 is 9.21 Å². The number of amides is 2. The molecule has 2 aromatic heterocycles. The van der Waals surface area contributed by atoms with E-state index in [4.69, 9.17) is 4.42 Å². The van der Waals surface area contributed by atoms with Crippen molar-refractivity contribution >= 4 is 6.03 Å². The molecule has 3 rings (SSSR count). The largest absolute Gasteiger partial charge is 0.444 e. The highest BCUT2D eigenvalue weighted by molar-refractivity contribution is 5.73. The number of pyridine rings is 1. The molecule has 2 amide bonds. The van der Waals surface area contributed by atoms with Gasteiger partial charge in [0, 0.05) is 43.4 Å². The Balaban J connectivity index is 1.38. The first kappa shape index (κ1) is 17.7. The molecule has 2 N–H and O–H groups in total. The molecule has 134 valence electrons. The number of rotatable bonds is 7. The zero-order valence-electron chi connectivity index (χ0n) is 14.7. The summed E-state index contributed by atoms with van der Waals surface area (Å²) in [5.41, 5.74) is 3.91. The van der Waals surface area contributed by atoms with Crippen LogP contribution in [0.5, 0.6) is 0 Å². The maximum Gasteiger partial charge on any atom is 0.314 e. The fraction of sp³-hybridized carbons (Fsp3) is 0.250. The number of nitrogens with one attached hydrogen (secondary N) is 2. The predicted octanol–water partition coefficient (Wildman–Crippen LogP) is 3.13. The number of carbonyl (C=O) groups is 1. The van der Waals surface area contributed by atoms with Crippen LogP contribution in [0.3, 0.4) is 0 Å². The van der Waals surface area contributed by atoms with Crippen LogP contribution in [0, 0.1) is 6.92 Å². The second kappa shape index (κ2) is 8.80. The molecular weight excluding hydrogens is 328 g/mol. The Bertz CT molecular complexity index is 829. The van der Waals surface area contributed by atoms with Crippen molar-refractivity contribution in [1.29, 1.82) is 0 Å². The lowest BCUT2D eigenvalue weighted by atomic mass is 10.1. The molecule has 0 bridgehead atoms. The van der Waals surface area contributed by atoms with Gasteiger partial charge in [-0.05, 0) is 31.2 Å². The molecule has 0 aliphatic carbocycles. The van der Waals surface area contributed by atoms with Crippen molar-refractivity contribution in [2.45, 2.75) is 19.8 Å². The quantitative estimate of drug-likeness (QED) is 0.686. The lowest BCUT2D eigenvalue weighted by molar-refractivity contribution is 0.241. The predicted molar refractivity (Wildman–Crippen MR) is 99.7 cm³/mol. The van der Waals surface area contributed by atoms with E-state index < -0.39 is 0 Å². The van der Waals surface area contributed by atoms with Gasteiger partial charge in [-0.2, -0.15) is 0 Å². The van der Waals surface area contributed by atoms with E-state index in [1.54, 1.807) is 12.5 Å². The summed E-state index contributed by atoms with van der Waals surface area (Å²) in [5, 5.41) is 5.64. The summed E-state index contributed by atoms with van der Waals surface area (Å²) < 4.78 is 5.52. The number of hydrogen-bond donors (Lipinski definition) is 2.